The van der Waals surface area contributed by atoms with Crippen molar-refractivity contribution in [2.75, 3.05) is 0 Å². The van der Waals surface area contributed by atoms with E-state index < -0.39 is 11.7 Å². The summed E-state index contributed by atoms with van der Waals surface area (Å²) in [4.78, 5) is 17.5. The zero-order valence-corrected chi connectivity index (χ0v) is 13.9. The summed E-state index contributed by atoms with van der Waals surface area (Å²) in [5, 5.41) is 0. The molecule has 0 aliphatic heterocycles. The number of halogens is 4. The molecule has 9 heteroatoms. The minimum Gasteiger partial charge on any atom is -0.439 e. The molecule has 0 unspecified atom stereocenters. The number of aryl methyl sites for hydroxylation is 1. The molecule has 0 aliphatic carbocycles. The maximum Gasteiger partial charge on any atom is 0.416 e. The molecule has 0 N–H and O–H groups in total. The van der Waals surface area contributed by atoms with E-state index in [-0.39, 0.29) is 17.2 Å². The number of rotatable bonds is 2. The molecular weight excluding hydrogens is 397 g/mol. The van der Waals surface area contributed by atoms with Crippen LogP contribution in [0.1, 0.15) is 10.4 Å². The lowest BCUT2D eigenvalue weighted by molar-refractivity contribution is -0.137. The highest BCUT2D eigenvalue weighted by molar-refractivity contribution is 9.10. The lowest BCUT2D eigenvalue weighted by Gasteiger charge is -2.09. The van der Waals surface area contributed by atoms with Gasteiger partial charge in [0.2, 0.25) is 10.8 Å². The Balaban J connectivity index is 2.01. The van der Waals surface area contributed by atoms with Gasteiger partial charge in [-0.1, -0.05) is 6.07 Å². The maximum atomic E-state index is 12.7. The molecule has 3 aromatic rings. The fourth-order valence-corrected chi connectivity index (χ4v) is 3.50. The maximum absolute atomic E-state index is 12.7. The Kier molecular flexibility index (Phi) is 3.93. The van der Waals surface area contributed by atoms with Crippen LogP contribution in [-0.2, 0) is 6.18 Å². The molecule has 0 atom stereocenters. The van der Waals surface area contributed by atoms with Gasteiger partial charge < -0.3 is 4.74 Å². The molecule has 2 aromatic heterocycles. The van der Waals surface area contributed by atoms with E-state index in [0.717, 1.165) is 23.1 Å². The first kappa shape index (κ1) is 16.0. The van der Waals surface area contributed by atoms with E-state index in [4.69, 9.17) is 4.74 Å². The molecule has 1 aromatic carbocycles. The molecule has 23 heavy (non-hydrogen) atoms. The van der Waals surface area contributed by atoms with Gasteiger partial charge in [-0.2, -0.15) is 18.2 Å². The minimum atomic E-state index is -4.47. The summed E-state index contributed by atoms with van der Waals surface area (Å²) < 4.78 is 45.4. The summed E-state index contributed by atoms with van der Waals surface area (Å²) in [5.74, 6) is -0.0912. The van der Waals surface area contributed by atoms with Crippen LogP contribution in [-0.4, -0.2) is 9.38 Å². The van der Waals surface area contributed by atoms with Crippen molar-refractivity contribution in [2.45, 2.75) is 13.1 Å². The zero-order valence-electron chi connectivity index (χ0n) is 11.5. The lowest BCUT2D eigenvalue weighted by Crippen LogP contribution is -2.12. The van der Waals surface area contributed by atoms with Gasteiger partial charge in [0, 0.05) is 4.88 Å². The van der Waals surface area contributed by atoms with Gasteiger partial charge in [-0.3, -0.25) is 4.79 Å². The number of alkyl halides is 3. The van der Waals surface area contributed by atoms with Gasteiger partial charge in [0.05, 0.1) is 11.6 Å². The standard InChI is InChI=1S/C14H8BrF3N2O2S/c1-7-12(15)20-11(21)6-10(19-13(20)23-7)22-9-4-2-3-8(5-9)14(16,17)18/h2-6H,1H3. The number of thiazole rings is 1. The van der Waals surface area contributed by atoms with E-state index in [2.05, 4.69) is 20.9 Å². The number of nitrogens with zero attached hydrogens (tertiary/aromatic N) is 2. The van der Waals surface area contributed by atoms with Crippen LogP contribution in [0.25, 0.3) is 4.96 Å². The second-order valence-electron chi connectivity index (χ2n) is 4.63. The largest absolute Gasteiger partial charge is 0.439 e. The smallest absolute Gasteiger partial charge is 0.416 e. The van der Waals surface area contributed by atoms with E-state index in [9.17, 15) is 18.0 Å². The zero-order chi connectivity index (χ0) is 16.8. The Morgan fingerprint density at radius 1 is 1.30 bits per heavy atom. The molecule has 4 nitrogen and oxygen atoms in total. The Morgan fingerprint density at radius 2 is 2.04 bits per heavy atom. The number of hydrogen-bond acceptors (Lipinski definition) is 4. The van der Waals surface area contributed by atoms with Crippen LogP contribution < -0.4 is 10.3 Å². The van der Waals surface area contributed by atoms with Gasteiger partial charge in [-0.15, -0.1) is 11.3 Å². The summed E-state index contributed by atoms with van der Waals surface area (Å²) in [6.07, 6.45) is -4.47. The van der Waals surface area contributed by atoms with Crippen molar-refractivity contribution in [1.29, 1.82) is 0 Å². The van der Waals surface area contributed by atoms with Gasteiger partial charge in [0.15, 0.2) is 0 Å². The van der Waals surface area contributed by atoms with E-state index in [1.54, 1.807) is 0 Å². The van der Waals surface area contributed by atoms with Crippen LogP contribution in [0.2, 0.25) is 0 Å². The van der Waals surface area contributed by atoms with Crippen molar-refractivity contribution in [3.05, 3.63) is 55.7 Å². The summed E-state index contributed by atoms with van der Waals surface area (Å²) in [7, 11) is 0. The Bertz CT molecular complexity index is 949. The number of ether oxygens (including phenoxy) is 1. The molecule has 0 bridgehead atoms. The Morgan fingerprint density at radius 3 is 2.74 bits per heavy atom. The van der Waals surface area contributed by atoms with E-state index in [1.165, 1.54) is 27.9 Å². The van der Waals surface area contributed by atoms with Crippen molar-refractivity contribution in [2.24, 2.45) is 0 Å². The first-order valence-corrected chi connectivity index (χ1v) is 7.90. The number of hydrogen-bond donors (Lipinski definition) is 0. The van der Waals surface area contributed by atoms with Crippen LogP contribution in [0.5, 0.6) is 11.6 Å². The normalized spacial score (nSPS) is 11.9. The molecule has 0 aliphatic rings. The molecule has 120 valence electrons. The van der Waals surface area contributed by atoms with E-state index in [1.807, 2.05) is 6.92 Å². The van der Waals surface area contributed by atoms with Crippen molar-refractivity contribution in [3.8, 4) is 11.6 Å². The monoisotopic (exact) mass is 404 g/mol. The minimum absolute atomic E-state index is 0.0385. The molecular formula is C14H8BrF3N2O2S. The molecule has 0 fully saturated rings. The van der Waals surface area contributed by atoms with Crippen LogP contribution in [0.15, 0.2) is 39.7 Å². The van der Waals surface area contributed by atoms with E-state index in [0.29, 0.717) is 9.56 Å². The Hall–Kier alpha value is -1.87. The van der Waals surface area contributed by atoms with Crippen LogP contribution in [0.3, 0.4) is 0 Å². The Labute approximate surface area is 140 Å². The highest BCUT2D eigenvalue weighted by Crippen LogP contribution is 2.32. The number of aromatic nitrogens is 2. The van der Waals surface area contributed by atoms with Gasteiger partial charge in [0.25, 0.3) is 5.56 Å². The number of benzene rings is 1. The molecule has 0 spiro atoms. The fourth-order valence-electron chi connectivity index (χ4n) is 1.94. The molecule has 0 amide bonds. The van der Waals surface area contributed by atoms with Gasteiger partial charge in [0.1, 0.15) is 10.4 Å². The van der Waals surface area contributed by atoms with E-state index >= 15 is 0 Å². The van der Waals surface area contributed by atoms with Gasteiger partial charge in [-0.05, 0) is 41.1 Å². The predicted molar refractivity (Wildman–Crippen MR) is 83.3 cm³/mol. The average Bonchev–Trinajstić information content (AvgIpc) is 2.73. The number of fused-ring (bicyclic) bond motifs is 1. The molecule has 2 heterocycles. The quantitative estimate of drug-likeness (QED) is 0.624. The third-order valence-electron chi connectivity index (χ3n) is 2.98. The highest BCUT2D eigenvalue weighted by atomic mass is 79.9. The van der Waals surface area contributed by atoms with Gasteiger partial charge >= 0.3 is 6.18 Å². The summed E-state index contributed by atoms with van der Waals surface area (Å²) in [5.41, 5.74) is -1.21. The van der Waals surface area contributed by atoms with Crippen LogP contribution in [0.4, 0.5) is 13.2 Å². The summed E-state index contributed by atoms with van der Waals surface area (Å²) >= 11 is 4.56. The fraction of sp³-hybridized carbons (Fsp3) is 0.143. The second-order valence-corrected chi connectivity index (χ2v) is 6.56. The van der Waals surface area contributed by atoms with Crippen molar-refractivity contribution >= 4 is 32.2 Å². The van der Waals surface area contributed by atoms with Crippen molar-refractivity contribution in [3.63, 3.8) is 0 Å². The third kappa shape index (κ3) is 3.11. The molecule has 0 saturated heterocycles. The van der Waals surface area contributed by atoms with Crippen molar-refractivity contribution < 1.29 is 17.9 Å². The highest BCUT2D eigenvalue weighted by Gasteiger charge is 2.30. The summed E-state index contributed by atoms with van der Waals surface area (Å²) in [6, 6.07) is 5.53. The first-order valence-electron chi connectivity index (χ1n) is 6.29. The third-order valence-corrected chi connectivity index (χ3v) is 5.15. The second kappa shape index (κ2) is 5.64. The van der Waals surface area contributed by atoms with Gasteiger partial charge in [-0.25, -0.2) is 4.40 Å². The van der Waals surface area contributed by atoms with Crippen LogP contribution in [0, 0.1) is 6.92 Å². The SMILES string of the molecule is Cc1sc2nc(Oc3cccc(C(F)(F)F)c3)cc(=O)n2c1Br. The molecule has 0 saturated carbocycles. The predicted octanol–water partition coefficient (Wildman–Crippen LogP) is 4.64. The first-order chi connectivity index (χ1) is 10.8. The average molecular weight is 405 g/mol. The lowest BCUT2D eigenvalue weighted by atomic mass is 10.2. The summed E-state index contributed by atoms with van der Waals surface area (Å²) in [6.45, 7) is 1.82. The molecule has 3 rings (SSSR count). The van der Waals surface area contributed by atoms with Crippen molar-refractivity contribution in [1.82, 2.24) is 9.38 Å². The topological polar surface area (TPSA) is 43.6 Å². The van der Waals surface area contributed by atoms with Crippen LogP contribution >= 0.6 is 27.3 Å². The molecule has 0 radical (unpaired) electrons.